The van der Waals surface area contributed by atoms with Gasteiger partial charge in [0.15, 0.2) is 5.58 Å². The van der Waals surface area contributed by atoms with E-state index in [4.69, 9.17) is 18.8 Å². The highest BCUT2D eigenvalue weighted by Crippen LogP contribution is 2.62. The highest BCUT2D eigenvalue weighted by Gasteiger charge is 2.50. The van der Waals surface area contributed by atoms with Crippen molar-refractivity contribution in [3.05, 3.63) is 371 Å². The van der Waals surface area contributed by atoms with Crippen molar-refractivity contribution in [2.24, 2.45) is 0 Å². The molecule has 4 heterocycles. The van der Waals surface area contributed by atoms with Crippen LogP contribution in [0.2, 0.25) is 0 Å². The van der Waals surface area contributed by atoms with Gasteiger partial charge in [-0.25, -0.2) is 9.97 Å². The van der Waals surface area contributed by atoms with Gasteiger partial charge in [-0.2, -0.15) is 10.5 Å². The number of furan rings is 2. The molecular formula is C92H56N6O2. The monoisotopic (exact) mass is 1280 g/mol. The number of nitrogens with zero attached hydrogens (tertiary/aromatic N) is 6. The van der Waals surface area contributed by atoms with E-state index in [1.807, 2.05) is 42.5 Å². The molecule has 20 rings (SSSR count). The maximum atomic E-state index is 10.1. The first-order valence-electron chi connectivity index (χ1n) is 33.9. The molecule has 0 aliphatic heterocycles. The molecule has 14 aromatic carbocycles. The SMILES string of the molecule is CCc1nc2ccccc2n1-c1cc2c(c3c1oc1cc(-c4ccc(-n5c(-c6ccc(C7(c8ccccc8)c8ccccc8-c8c7cc(-c7ccc(C#N)cc7)c7oc9ccccc9c87)cc6)nc6ccccc65)cc4)ccc13)-c1ccccc1C2(c1ccccc1)c1ccc(C#N)cc1. The largest absolute Gasteiger partial charge is 0.455 e. The van der Waals surface area contributed by atoms with Gasteiger partial charge in [0, 0.05) is 44.8 Å². The third-order valence-corrected chi connectivity index (χ3v) is 21.3. The van der Waals surface area contributed by atoms with Gasteiger partial charge in [0.1, 0.15) is 28.4 Å². The summed E-state index contributed by atoms with van der Waals surface area (Å²) in [6.45, 7) is 2.17. The minimum atomic E-state index is -0.756. The molecule has 0 N–H and O–H groups in total. The number of benzene rings is 14. The van der Waals surface area contributed by atoms with Crippen LogP contribution in [-0.2, 0) is 17.3 Å². The Morgan fingerprint density at radius 2 is 0.850 bits per heavy atom. The predicted molar refractivity (Wildman–Crippen MR) is 400 cm³/mol. The molecule has 0 spiro atoms. The van der Waals surface area contributed by atoms with Crippen molar-refractivity contribution in [1.29, 1.82) is 10.5 Å². The Kier molecular flexibility index (Phi) is 12.4. The average molecular weight is 1280 g/mol. The van der Waals surface area contributed by atoms with Crippen LogP contribution in [0.3, 0.4) is 0 Å². The molecule has 2 aliphatic rings. The van der Waals surface area contributed by atoms with E-state index in [2.05, 4.69) is 295 Å². The van der Waals surface area contributed by atoms with Crippen LogP contribution in [0.15, 0.2) is 318 Å². The maximum absolute atomic E-state index is 10.1. The van der Waals surface area contributed by atoms with E-state index in [-0.39, 0.29) is 0 Å². The first-order valence-corrected chi connectivity index (χ1v) is 33.9. The molecule has 8 nitrogen and oxygen atoms in total. The summed E-state index contributed by atoms with van der Waals surface area (Å²) >= 11 is 0. The lowest BCUT2D eigenvalue weighted by atomic mass is 9.67. The molecule has 2 unspecified atom stereocenters. The quantitative estimate of drug-likeness (QED) is 0.135. The van der Waals surface area contributed by atoms with Crippen molar-refractivity contribution in [2.75, 3.05) is 0 Å². The van der Waals surface area contributed by atoms with Crippen LogP contribution in [0.1, 0.15) is 68.4 Å². The molecule has 0 bridgehead atoms. The van der Waals surface area contributed by atoms with E-state index >= 15 is 0 Å². The number of imidazole rings is 2. The van der Waals surface area contributed by atoms with Gasteiger partial charge in [-0.15, -0.1) is 0 Å². The molecule has 4 aromatic heterocycles. The highest BCUT2D eigenvalue weighted by atomic mass is 16.3. The lowest BCUT2D eigenvalue weighted by Crippen LogP contribution is -2.28. The fourth-order valence-electron chi connectivity index (χ4n) is 17.1. The Bertz CT molecular complexity index is 6500. The van der Waals surface area contributed by atoms with Crippen LogP contribution in [0, 0.1) is 22.7 Å². The molecule has 466 valence electrons. The van der Waals surface area contributed by atoms with Gasteiger partial charge < -0.3 is 8.83 Å². The molecule has 18 aromatic rings. The second-order valence-electron chi connectivity index (χ2n) is 26.3. The number of aryl methyl sites for hydroxylation is 1. The number of rotatable bonds is 10. The van der Waals surface area contributed by atoms with Gasteiger partial charge in [0.25, 0.3) is 0 Å². The molecule has 2 atom stereocenters. The molecule has 8 heteroatoms. The average Bonchev–Trinajstić information content (AvgIpc) is 1.52. The third kappa shape index (κ3) is 7.96. The van der Waals surface area contributed by atoms with E-state index in [1.165, 1.54) is 11.1 Å². The minimum Gasteiger partial charge on any atom is -0.455 e. The molecule has 0 saturated carbocycles. The summed E-state index contributed by atoms with van der Waals surface area (Å²) in [6.07, 6.45) is 0.703. The zero-order valence-electron chi connectivity index (χ0n) is 54.2. The molecule has 0 radical (unpaired) electrons. The second kappa shape index (κ2) is 21.8. The van der Waals surface area contributed by atoms with Crippen molar-refractivity contribution >= 4 is 65.9 Å². The van der Waals surface area contributed by atoms with Gasteiger partial charge >= 0.3 is 0 Å². The zero-order valence-corrected chi connectivity index (χ0v) is 54.2. The van der Waals surface area contributed by atoms with Crippen molar-refractivity contribution in [3.8, 4) is 79.4 Å². The van der Waals surface area contributed by atoms with Crippen molar-refractivity contribution in [3.63, 3.8) is 0 Å². The van der Waals surface area contributed by atoms with E-state index < -0.39 is 10.8 Å². The van der Waals surface area contributed by atoms with Gasteiger partial charge in [0.2, 0.25) is 0 Å². The smallest absolute Gasteiger partial charge is 0.160 e. The normalized spacial score (nSPS) is 15.2. The van der Waals surface area contributed by atoms with E-state index in [0.717, 1.165) is 172 Å². The zero-order chi connectivity index (χ0) is 66.4. The molecule has 100 heavy (non-hydrogen) atoms. The molecule has 2 aliphatic carbocycles. The predicted octanol–water partition coefficient (Wildman–Crippen LogP) is 22.2. The fourth-order valence-corrected chi connectivity index (χ4v) is 17.1. The Morgan fingerprint density at radius 1 is 0.370 bits per heavy atom. The van der Waals surface area contributed by atoms with E-state index in [9.17, 15) is 10.5 Å². The van der Waals surface area contributed by atoms with Gasteiger partial charge in [0.05, 0.1) is 61.8 Å². The Labute approximate surface area is 575 Å². The number of hydrogen-bond acceptors (Lipinski definition) is 6. The number of fused-ring (bicyclic) bond motifs is 16. The first-order chi connectivity index (χ1) is 49.4. The lowest BCUT2D eigenvalue weighted by Gasteiger charge is -2.34. The Morgan fingerprint density at radius 3 is 1.49 bits per heavy atom. The van der Waals surface area contributed by atoms with E-state index in [1.54, 1.807) is 0 Å². The van der Waals surface area contributed by atoms with Crippen molar-refractivity contribution < 1.29 is 8.83 Å². The van der Waals surface area contributed by atoms with E-state index in [0.29, 0.717) is 17.5 Å². The molecule has 0 fully saturated rings. The van der Waals surface area contributed by atoms with Crippen molar-refractivity contribution in [1.82, 2.24) is 19.1 Å². The molecule has 0 amide bonds. The Balaban J connectivity index is 0.734. The maximum Gasteiger partial charge on any atom is 0.160 e. The number of nitriles is 2. The highest BCUT2D eigenvalue weighted by molar-refractivity contribution is 6.20. The summed E-state index contributed by atoms with van der Waals surface area (Å²) in [7, 11) is 0. The Hall–Kier alpha value is -13.4. The van der Waals surface area contributed by atoms with Crippen LogP contribution in [0.25, 0.3) is 133 Å². The fraction of sp³-hybridized carbons (Fsp3) is 0.0435. The molecule has 0 saturated heterocycles. The van der Waals surface area contributed by atoms with Crippen molar-refractivity contribution in [2.45, 2.75) is 24.2 Å². The number of hydrogen-bond donors (Lipinski definition) is 0. The minimum absolute atomic E-state index is 0.603. The van der Waals surface area contributed by atoms with Gasteiger partial charge in [-0.3, -0.25) is 9.13 Å². The number of para-hydroxylation sites is 5. The van der Waals surface area contributed by atoms with Gasteiger partial charge in [-0.1, -0.05) is 225 Å². The van der Waals surface area contributed by atoms with Crippen LogP contribution < -0.4 is 0 Å². The van der Waals surface area contributed by atoms with Crippen LogP contribution in [0.5, 0.6) is 0 Å². The summed E-state index contributed by atoms with van der Waals surface area (Å²) in [5.74, 6) is 1.77. The summed E-state index contributed by atoms with van der Waals surface area (Å²) in [5.41, 5.74) is 27.4. The van der Waals surface area contributed by atoms with Crippen LogP contribution >= 0.6 is 0 Å². The summed E-state index contributed by atoms with van der Waals surface area (Å²) in [5, 5.41) is 24.2. The lowest BCUT2D eigenvalue weighted by molar-refractivity contribution is 0.664. The summed E-state index contributed by atoms with van der Waals surface area (Å²) < 4.78 is 18.9. The second-order valence-corrected chi connectivity index (χ2v) is 26.3. The van der Waals surface area contributed by atoms with Crippen LogP contribution in [0.4, 0.5) is 0 Å². The standard InChI is InChI=1S/C92H56N6O2/c1-2-83-95-76-28-14-17-31-79(76)98(83)80-53-75-85(68-24-10-13-27-73(68)92(75,63-21-7-4-8-22-63)64-44-35-57(55-94)36-45-64)87-70-50-43-61(51-82(70)100-89(80)87)58-41-48-66(49-42-58)97-78-30-16-15-29-77(78)96-90(97)60-39-46-65(47-40-60)91(62-19-5-3-6-20-62)72-26-12-9-23-67(72)84-74(91)52-71(59-37-33-56(54-93)34-38-59)88-86(84)69-25-11-18-32-81(69)99-88/h3-53H,2H2,1H3. The summed E-state index contributed by atoms with van der Waals surface area (Å²) in [4.78, 5) is 10.7. The number of aromatic nitrogens is 4. The van der Waals surface area contributed by atoms with Gasteiger partial charge in [-0.05, 0) is 174 Å². The first kappa shape index (κ1) is 56.9. The summed E-state index contributed by atoms with van der Waals surface area (Å²) in [6, 6.07) is 115. The molecular weight excluding hydrogens is 1220 g/mol. The third-order valence-electron chi connectivity index (χ3n) is 21.3. The van der Waals surface area contributed by atoms with Crippen LogP contribution in [-0.4, -0.2) is 19.1 Å². The topological polar surface area (TPSA) is 110 Å².